The van der Waals surface area contributed by atoms with E-state index in [0.717, 1.165) is 25.3 Å². The molecule has 0 bridgehead atoms. The highest BCUT2D eigenvalue weighted by atomic mass is 16.5. The first kappa shape index (κ1) is 15.1. The van der Waals surface area contributed by atoms with Crippen LogP contribution in [0.5, 0.6) is 5.75 Å². The lowest BCUT2D eigenvalue weighted by molar-refractivity contribution is 0.184. The second kappa shape index (κ2) is 7.46. The highest BCUT2D eigenvalue weighted by Gasteiger charge is 2.11. The van der Waals surface area contributed by atoms with E-state index in [9.17, 15) is 0 Å². The van der Waals surface area contributed by atoms with Gasteiger partial charge in [-0.3, -0.25) is 4.90 Å². The second-order valence-electron chi connectivity index (χ2n) is 6.02. The molecule has 3 rings (SSSR count). The lowest BCUT2D eigenvalue weighted by Gasteiger charge is -2.26. The minimum atomic E-state index is 0.762. The van der Waals surface area contributed by atoms with Crippen LogP contribution < -0.4 is 4.74 Å². The zero-order valence-electron chi connectivity index (χ0n) is 13.3. The van der Waals surface area contributed by atoms with E-state index in [1.807, 2.05) is 6.08 Å². The van der Waals surface area contributed by atoms with Gasteiger partial charge in [-0.2, -0.15) is 0 Å². The van der Waals surface area contributed by atoms with Crippen molar-refractivity contribution < 1.29 is 4.74 Å². The molecule has 2 aromatic rings. The van der Waals surface area contributed by atoms with Crippen molar-refractivity contribution in [2.45, 2.75) is 25.7 Å². The molecule has 0 spiro atoms. The largest absolute Gasteiger partial charge is 0.491 e. The van der Waals surface area contributed by atoms with Crippen LogP contribution in [0.1, 0.15) is 24.8 Å². The number of fused-ring (bicyclic) bond motifs is 1. The van der Waals surface area contributed by atoms with E-state index in [1.54, 1.807) is 0 Å². The molecule has 1 heterocycles. The third-order valence-electron chi connectivity index (χ3n) is 4.43. The Labute approximate surface area is 133 Å². The van der Waals surface area contributed by atoms with Crippen molar-refractivity contribution >= 4 is 10.8 Å². The van der Waals surface area contributed by atoms with Gasteiger partial charge in [0, 0.05) is 11.9 Å². The SMILES string of the molecule is C=CCc1ccc2ccccc2c1OCCN1CCCCC1. The van der Waals surface area contributed by atoms with E-state index in [4.69, 9.17) is 4.74 Å². The summed E-state index contributed by atoms with van der Waals surface area (Å²) in [5, 5.41) is 2.45. The van der Waals surface area contributed by atoms with Crippen molar-refractivity contribution in [3.63, 3.8) is 0 Å². The maximum absolute atomic E-state index is 6.22. The van der Waals surface area contributed by atoms with Gasteiger partial charge in [-0.05, 0) is 43.3 Å². The monoisotopic (exact) mass is 295 g/mol. The molecule has 2 heteroatoms. The van der Waals surface area contributed by atoms with Crippen LogP contribution in [0.25, 0.3) is 10.8 Å². The molecular weight excluding hydrogens is 270 g/mol. The molecule has 0 aliphatic carbocycles. The summed E-state index contributed by atoms with van der Waals surface area (Å²) in [7, 11) is 0. The standard InChI is InChI=1S/C20H25NO/c1-2-8-18-12-11-17-9-4-5-10-19(17)20(18)22-16-15-21-13-6-3-7-14-21/h2,4-5,9-12H,1,3,6-8,13-16H2. The average Bonchev–Trinajstić information content (AvgIpc) is 2.57. The van der Waals surface area contributed by atoms with Gasteiger partial charge in [-0.25, -0.2) is 0 Å². The molecule has 116 valence electrons. The molecule has 2 nitrogen and oxygen atoms in total. The number of benzene rings is 2. The lowest BCUT2D eigenvalue weighted by Crippen LogP contribution is -2.33. The second-order valence-corrected chi connectivity index (χ2v) is 6.02. The van der Waals surface area contributed by atoms with Crippen LogP contribution in [-0.2, 0) is 6.42 Å². The Kier molecular flexibility index (Phi) is 5.12. The van der Waals surface area contributed by atoms with Gasteiger partial charge in [-0.1, -0.05) is 48.9 Å². The van der Waals surface area contributed by atoms with Crippen molar-refractivity contribution in [1.82, 2.24) is 4.90 Å². The Morgan fingerprint density at radius 3 is 2.68 bits per heavy atom. The molecule has 1 fully saturated rings. The van der Waals surface area contributed by atoms with Crippen LogP contribution in [0, 0.1) is 0 Å². The summed E-state index contributed by atoms with van der Waals surface area (Å²) in [4.78, 5) is 2.52. The number of hydrogen-bond donors (Lipinski definition) is 0. The van der Waals surface area contributed by atoms with E-state index < -0.39 is 0 Å². The number of nitrogens with zero attached hydrogens (tertiary/aromatic N) is 1. The highest BCUT2D eigenvalue weighted by Crippen LogP contribution is 2.30. The predicted octanol–water partition coefficient (Wildman–Crippen LogP) is 4.43. The van der Waals surface area contributed by atoms with Gasteiger partial charge in [0.2, 0.25) is 0 Å². The zero-order valence-corrected chi connectivity index (χ0v) is 13.3. The fourth-order valence-electron chi connectivity index (χ4n) is 3.23. The van der Waals surface area contributed by atoms with Crippen LogP contribution in [-0.4, -0.2) is 31.1 Å². The number of rotatable bonds is 6. The van der Waals surface area contributed by atoms with Gasteiger partial charge in [0.25, 0.3) is 0 Å². The van der Waals surface area contributed by atoms with Crippen LogP contribution in [0.4, 0.5) is 0 Å². The maximum atomic E-state index is 6.22. The molecular formula is C20H25NO. The minimum absolute atomic E-state index is 0.762. The van der Waals surface area contributed by atoms with Crippen LogP contribution in [0.3, 0.4) is 0 Å². The van der Waals surface area contributed by atoms with Crippen molar-refractivity contribution in [3.8, 4) is 5.75 Å². The minimum Gasteiger partial charge on any atom is -0.491 e. The molecule has 2 aromatic carbocycles. The third-order valence-corrected chi connectivity index (χ3v) is 4.43. The quantitative estimate of drug-likeness (QED) is 0.731. The average molecular weight is 295 g/mol. The van der Waals surface area contributed by atoms with E-state index in [1.165, 1.54) is 48.7 Å². The Morgan fingerprint density at radius 2 is 1.86 bits per heavy atom. The number of piperidine rings is 1. The summed E-state index contributed by atoms with van der Waals surface area (Å²) < 4.78 is 6.22. The van der Waals surface area contributed by atoms with Gasteiger partial charge >= 0.3 is 0 Å². The number of hydrogen-bond acceptors (Lipinski definition) is 2. The van der Waals surface area contributed by atoms with Crippen LogP contribution >= 0.6 is 0 Å². The van der Waals surface area contributed by atoms with E-state index in [0.29, 0.717) is 0 Å². The highest BCUT2D eigenvalue weighted by molar-refractivity contribution is 5.89. The number of allylic oxidation sites excluding steroid dienone is 1. The first-order valence-corrected chi connectivity index (χ1v) is 8.35. The summed E-state index contributed by atoms with van der Waals surface area (Å²) in [6, 6.07) is 12.8. The molecule has 22 heavy (non-hydrogen) atoms. The fourth-order valence-corrected chi connectivity index (χ4v) is 3.23. The maximum Gasteiger partial charge on any atom is 0.130 e. The van der Waals surface area contributed by atoms with E-state index in [2.05, 4.69) is 47.9 Å². The summed E-state index contributed by atoms with van der Waals surface area (Å²) in [6.45, 7) is 8.09. The van der Waals surface area contributed by atoms with Crippen molar-refractivity contribution in [2.24, 2.45) is 0 Å². The summed E-state index contributed by atoms with van der Waals surface area (Å²) in [5.41, 5.74) is 1.23. The van der Waals surface area contributed by atoms with Gasteiger partial charge in [0.1, 0.15) is 12.4 Å². The van der Waals surface area contributed by atoms with Crippen LogP contribution in [0.15, 0.2) is 49.1 Å². The molecule has 0 saturated carbocycles. The summed E-state index contributed by atoms with van der Waals surface area (Å²) in [6.07, 6.45) is 6.83. The molecule has 1 aliphatic rings. The molecule has 0 aromatic heterocycles. The van der Waals surface area contributed by atoms with Gasteiger partial charge in [0.05, 0.1) is 0 Å². The molecule has 0 radical (unpaired) electrons. The first-order valence-electron chi connectivity index (χ1n) is 8.35. The number of likely N-dealkylation sites (tertiary alicyclic amines) is 1. The normalized spacial score (nSPS) is 15.8. The third kappa shape index (κ3) is 3.50. The Hall–Kier alpha value is -1.80. The van der Waals surface area contributed by atoms with E-state index >= 15 is 0 Å². The molecule has 1 aliphatic heterocycles. The first-order chi connectivity index (χ1) is 10.9. The topological polar surface area (TPSA) is 12.5 Å². The molecule has 0 unspecified atom stereocenters. The van der Waals surface area contributed by atoms with Gasteiger partial charge in [-0.15, -0.1) is 6.58 Å². The van der Waals surface area contributed by atoms with Crippen LogP contribution in [0.2, 0.25) is 0 Å². The fraction of sp³-hybridized carbons (Fsp3) is 0.400. The van der Waals surface area contributed by atoms with Crippen molar-refractivity contribution in [1.29, 1.82) is 0 Å². The summed E-state index contributed by atoms with van der Waals surface area (Å²) >= 11 is 0. The lowest BCUT2D eigenvalue weighted by atomic mass is 10.0. The predicted molar refractivity (Wildman–Crippen MR) is 93.6 cm³/mol. The van der Waals surface area contributed by atoms with Gasteiger partial charge < -0.3 is 4.74 Å². The zero-order chi connectivity index (χ0) is 15.2. The Balaban J connectivity index is 1.75. The smallest absolute Gasteiger partial charge is 0.130 e. The molecule has 0 N–H and O–H groups in total. The molecule has 1 saturated heterocycles. The Morgan fingerprint density at radius 1 is 1.05 bits per heavy atom. The van der Waals surface area contributed by atoms with Crippen molar-refractivity contribution in [2.75, 3.05) is 26.2 Å². The molecule has 0 atom stereocenters. The Bertz CT molecular complexity index is 629. The number of ether oxygens (including phenoxy) is 1. The van der Waals surface area contributed by atoms with Gasteiger partial charge in [0.15, 0.2) is 0 Å². The molecule has 0 amide bonds. The summed E-state index contributed by atoms with van der Waals surface area (Å²) in [5.74, 6) is 1.04. The van der Waals surface area contributed by atoms with E-state index in [-0.39, 0.29) is 0 Å². The van der Waals surface area contributed by atoms with Crippen molar-refractivity contribution in [3.05, 3.63) is 54.6 Å².